The quantitative estimate of drug-likeness (QED) is 0.539. The number of nitrogen functional groups attached to an aromatic ring is 1. The van der Waals surface area contributed by atoms with Crippen molar-refractivity contribution in [2.75, 3.05) is 18.2 Å². The van der Waals surface area contributed by atoms with E-state index in [1.54, 1.807) is 24.3 Å². The standard InChI is InChI=1S/C11H15N3O3/c1-7(10(15)17-2)13-11(16)14-9-5-3-8(12)4-6-9/h3-7H,12H2,1-2H3,(H2,13,14,16). The van der Waals surface area contributed by atoms with E-state index in [2.05, 4.69) is 15.4 Å². The van der Waals surface area contributed by atoms with E-state index in [9.17, 15) is 9.59 Å². The zero-order chi connectivity index (χ0) is 12.8. The fraction of sp³-hybridized carbons (Fsp3) is 0.273. The monoisotopic (exact) mass is 237 g/mol. The van der Waals surface area contributed by atoms with Crippen LogP contribution in [-0.4, -0.2) is 25.2 Å². The number of hydrogen-bond acceptors (Lipinski definition) is 4. The van der Waals surface area contributed by atoms with Crippen LogP contribution in [0.4, 0.5) is 16.2 Å². The van der Waals surface area contributed by atoms with Crippen molar-refractivity contribution < 1.29 is 14.3 Å². The number of anilines is 2. The molecule has 2 amide bonds. The second-order valence-electron chi connectivity index (χ2n) is 3.47. The van der Waals surface area contributed by atoms with Crippen LogP contribution in [0.15, 0.2) is 24.3 Å². The average Bonchev–Trinajstić information content (AvgIpc) is 2.30. The van der Waals surface area contributed by atoms with Gasteiger partial charge in [-0.3, -0.25) is 0 Å². The SMILES string of the molecule is COC(=O)C(C)NC(=O)Nc1ccc(N)cc1. The van der Waals surface area contributed by atoms with E-state index in [1.807, 2.05) is 0 Å². The summed E-state index contributed by atoms with van der Waals surface area (Å²) in [5.74, 6) is -0.502. The van der Waals surface area contributed by atoms with Gasteiger partial charge in [0.25, 0.3) is 0 Å². The molecular weight excluding hydrogens is 222 g/mol. The number of rotatable bonds is 3. The topological polar surface area (TPSA) is 93.4 Å². The first kappa shape index (κ1) is 12.8. The highest BCUT2D eigenvalue weighted by Gasteiger charge is 2.15. The Hall–Kier alpha value is -2.24. The lowest BCUT2D eigenvalue weighted by Crippen LogP contribution is -2.41. The smallest absolute Gasteiger partial charge is 0.328 e. The molecule has 0 heterocycles. The Labute approximate surface area is 99.1 Å². The second kappa shape index (κ2) is 5.74. The molecule has 1 aromatic carbocycles. The van der Waals surface area contributed by atoms with Crippen LogP contribution in [0.2, 0.25) is 0 Å². The predicted octanol–water partition coefficient (Wildman–Crippen LogP) is 0.952. The largest absolute Gasteiger partial charge is 0.467 e. The molecule has 17 heavy (non-hydrogen) atoms. The maximum atomic E-state index is 11.5. The lowest BCUT2D eigenvalue weighted by atomic mass is 10.3. The van der Waals surface area contributed by atoms with Gasteiger partial charge in [-0.1, -0.05) is 0 Å². The number of nitrogens with two attached hydrogens (primary N) is 1. The molecule has 0 aliphatic heterocycles. The Morgan fingerprint density at radius 1 is 1.29 bits per heavy atom. The molecule has 0 aliphatic rings. The summed E-state index contributed by atoms with van der Waals surface area (Å²) >= 11 is 0. The Kier molecular flexibility index (Phi) is 4.33. The number of hydrogen-bond donors (Lipinski definition) is 3. The first-order chi connectivity index (χ1) is 8.02. The lowest BCUT2D eigenvalue weighted by Gasteiger charge is -2.12. The van der Waals surface area contributed by atoms with E-state index in [0.29, 0.717) is 11.4 Å². The first-order valence-electron chi connectivity index (χ1n) is 5.04. The minimum Gasteiger partial charge on any atom is -0.467 e. The molecule has 0 radical (unpaired) electrons. The van der Waals surface area contributed by atoms with Gasteiger partial charge in [-0.05, 0) is 31.2 Å². The van der Waals surface area contributed by atoms with Gasteiger partial charge in [-0.25, -0.2) is 9.59 Å². The number of methoxy groups -OCH3 is 1. The zero-order valence-corrected chi connectivity index (χ0v) is 9.69. The number of urea groups is 1. The van der Waals surface area contributed by atoms with Crippen molar-refractivity contribution >= 4 is 23.4 Å². The molecule has 0 spiro atoms. The molecular formula is C11H15N3O3. The fourth-order valence-corrected chi connectivity index (χ4v) is 1.17. The minimum atomic E-state index is -0.700. The number of carbonyl (C=O) groups is 2. The number of carbonyl (C=O) groups excluding carboxylic acids is 2. The summed E-state index contributed by atoms with van der Waals surface area (Å²) in [6.45, 7) is 1.54. The molecule has 0 saturated carbocycles. The van der Waals surface area contributed by atoms with E-state index in [0.717, 1.165) is 0 Å². The van der Waals surface area contributed by atoms with Gasteiger partial charge < -0.3 is 21.1 Å². The maximum Gasteiger partial charge on any atom is 0.328 e. The van der Waals surface area contributed by atoms with Crippen molar-refractivity contribution in [2.45, 2.75) is 13.0 Å². The molecule has 92 valence electrons. The minimum absolute atomic E-state index is 0.479. The second-order valence-corrected chi connectivity index (χ2v) is 3.47. The average molecular weight is 237 g/mol. The van der Waals surface area contributed by atoms with Crippen LogP contribution in [0.3, 0.4) is 0 Å². The van der Waals surface area contributed by atoms with Crippen LogP contribution in [0.5, 0.6) is 0 Å². The van der Waals surface area contributed by atoms with E-state index in [-0.39, 0.29) is 0 Å². The summed E-state index contributed by atoms with van der Waals surface area (Å²) in [7, 11) is 1.26. The van der Waals surface area contributed by atoms with Gasteiger partial charge in [0, 0.05) is 11.4 Å². The number of ether oxygens (including phenoxy) is 1. The first-order valence-corrected chi connectivity index (χ1v) is 5.04. The third kappa shape index (κ3) is 4.02. The van der Waals surface area contributed by atoms with E-state index in [4.69, 9.17) is 5.73 Å². The van der Waals surface area contributed by atoms with E-state index >= 15 is 0 Å². The van der Waals surface area contributed by atoms with Crippen molar-refractivity contribution in [1.29, 1.82) is 0 Å². The Morgan fingerprint density at radius 2 is 1.88 bits per heavy atom. The highest BCUT2D eigenvalue weighted by atomic mass is 16.5. The Morgan fingerprint density at radius 3 is 2.41 bits per heavy atom. The predicted molar refractivity (Wildman–Crippen MR) is 64.5 cm³/mol. The van der Waals surface area contributed by atoms with Gasteiger partial charge in [-0.15, -0.1) is 0 Å². The number of nitrogens with one attached hydrogen (secondary N) is 2. The lowest BCUT2D eigenvalue weighted by molar-refractivity contribution is -0.142. The molecule has 1 unspecified atom stereocenters. The Balaban J connectivity index is 2.50. The molecule has 1 rings (SSSR count). The summed E-state index contributed by atoms with van der Waals surface area (Å²) in [5, 5.41) is 5.00. The Bertz CT molecular complexity index is 403. The van der Waals surface area contributed by atoms with Crippen LogP contribution in [-0.2, 0) is 9.53 Å². The summed E-state index contributed by atoms with van der Waals surface area (Å²) in [5.41, 5.74) is 6.71. The molecule has 4 N–H and O–H groups in total. The van der Waals surface area contributed by atoms with Gasteiger partial charge in [-0.2, -0.15) is 0 Å². The van der Waals surface area contributed by atoms with Crippen molar-refractivity contribution in [2.24, 2.45) is 0 Å². The normalized spacial score (nSPS) is 11.4. The molecule has 6 nitrogen and oxygen atoms in total. The molecule has 0 saturated heterocycles. The summed E-state index contributed by atoms with van der Waals surface area (Å²) in [6, 6.07) is 5.48. The van der Waals surface area contributed by atoms with Gasteiger partial charge in [0.2, 0.25) is 0 Å². The molecule has 0 bridgehead atoms. The molecule has 6 heteroatoms. The summed E-state index contributed by atoms with van der Waals surface area (Å²) in [6.07, 6.45) is 0. The van der Waals surface area contributed by atoms with Crippen LogP contribution >= 0.6 is 0 Å². The summed E-state index contributed by atoms with van der Waals surface area (Å²) < 4.78 is 4.48. The van der Waals surface area contributed by atoms with E-state index < -0.39 is 18.0 Å². The number of esters is 1. The van der Waals surface area contributed by atoms with Crippen molar-refractivity contribution in [3.05, 3.63) is 24.3 Å². The molecule has 0 aliphatic carbocycles. The highest BCUT2D eigenvalue weighted by Crippen LogP contribution is 2.10. The zero-order valence-electron chi connectivity index (χ0n) is 9.69. The van der Waals surface area contributed by atoms with Crippen molar-refractivity contribution in [1.82, 2.24) is 5.32 Å². The van der Waals surface area contributed by atoms with Crippen LogP contribution in [0.25, 0.3) is 0 Å². The van der Waals surface area contributed by atoms with Crippen molar-refractivity contribution in [3.63, 3.8) is 0 Å². The number of benzene rings is 1. The number of amides is 2. The van der Waals surface area contributed by atoms with Crippen LogP contribution in [0, 0.1) is 0 Å². The fourth-order valence-electron chi connectivity index (χ4n) is 1.17. The highest BCUT2D eigenvalue weighted by molar-refractivity contribution is 5.92. The molecule has 0 fully saturated rings. The van der Waals surface area contributed by atoms with E-state index in [1.165, 1.54) is 14.0 Å². The van der Waals surface area contributed by atoms with Gasteiger partial charge in [0.15, 0.2) is 0 Å². The summed E-state index contributed by atoms with van der Waals surface area (Å²) in [4.78, 5) is 22.5. The van der Waals surface area contributed by atoms with Gasteiger partial charge >= 0.3 is 12.0 Å². The van der Waals surface area contributed by atoms with Crippen molar-refractivity contribution in [3.8, 4) is 0 Å². The van der Waals surface area contributed by atoms with Gasteiger partial charge in [0.05, 0.1) is 7.11 Å². The third-order valence-corrected chi connectivity index (χ3v) is 2.07. The van der Waals surface area contributed by atoms with Crippen LogP contribution in [0.1, 0.15) is 6.92 Å². The third-order valence-electron chi connectivity index (χ3n) is 2.07. The van der Waals surface area contributed by atoms with Crippen LogP contribution < -0.4 is 16.4 Å². The maximum absolute atomic E-state index is 11.5. The molecule has 0 aromatic heterocycles. The molecule has 1 atom stereocenters. The van der Waals surface area contributed by atoms with Gasteiger partial charge in [0.1, 0.15) is 6.04 Å². The molecule has 1 aromatic rings.